The molecule has 120 valence electrons. The minimum absolute atomic E-state index is 0.150. The summed E-state index contributed by atoms with van der Waals surface area (Å²) in [5.41, 5.74) is 3.35. The zero-order valence-electron chi connectivity index (χ0n) is 13.0. The number of furan rings is 1. The van der Waals surface area contributed by atoms with Crippen molar-refractivity contribution in [3.63, 3.8) is 0 Å². The molecule has 0 aliphatic rings. The van der Waals surface area contributed by atoms with Gasteiger partial charge in [-0.2, -0.15) is 5.10 Å². The molecule has 0 saturated heterocycles. The zero-order chi connectivity index (χ0) is 16.6. The highest BCUT2D eigenvalue weighted by Crippen LogP contribution is 2.18. The number of nitrogens with one attached hydrogen (secondary N) is 2. The van der Waals surface area contributed by atoms with Gasteiger partial charge in [0.15, 0.2) is 0 Å². The normalized spacial score (nSPS) is 11.3. The van der Waals surface area contributed by atoms with Gasteiger partial charge in [-0.1, -0.05) is 30.3 Å². The van der Waals surface area contributed by atoms with Gasteiger partial charge in [-0.25, -0.2) is 5.43 Å². The van der Waals surface area contributed by atoms with Crippen molar-refractivity contribution in [1.29, 1.82) is 0 Å². The quantitative estimate of drug-likeness (QED) is 0.538. The molecule has 0 atom stereocenters. The Kier molecular flexibility index (Phi) is 5.04. The third-order valence-corrected chi connectivity index (χ3v) is 3.36. The van der Waals surface area contributed by atoms with E-state index in [1.807, 2.05) is 42.5 Å². The van der Waals surface area contributed by atoms with Gasteiger partial charge in [-0.3, -0.25) is 4.79 Å². The summed E-state index contributed by atoms with van der Waals surface area (Å²) >= 11 is 0. The number of carbonyl (C=O) groups excluding carboxylic acids is 1. The number of benzene rings is 2. The maximum Gasteiger partial charge on any atom is 0.259 e. The summed E-state index contributed by atoms with van der Waals surface area (Å²) in [6.07, 6.45) is 6.53. The minimum atomic E-state index is -0.217. The SMILES string of the molecule is O=C(CNc1ccc2ccccc2c1)N/N=C/C=C/c1ccco1. The van der Waals surface area contributed by atoms with Crippen LogP contribution in [-0.2, 0) is 4.79 Å². The number of allylic oxidation sites excluding steroid dienone is 1. The summed E-state index contributed by atoms with van der Waals surface area (Å²) in [6.45, 7) is 0.150. The monoisotopic (exact) mass is 319 g/mol. The van der Waals surface area contributed by atoms with Gasteiger partial charge in [0.1, 0.15) is 5.76 Å². The Morgan fingerprint density at radius 1 is 1.08 bits per heavy atom. The van der Waals surface area contributed by atoms with Gasteiger partial charge in [0, 0.05) is 11.9 Å². The molecular weight excluding hydrogens is 302 g/mol. The molecule has 1 amide bonds. The van der Waals surface area contributed by atoms with Crippen molar-refractivity contribution < 1.29 is 9.21 Å². The van der Waals surface area contributed by atoms with E-state index in [1.54, 1.807) is 24.5 Å². The van der Waals surface area contributed by atoms with Crippen LogP contribution < -0.4 is 10.7 Å². The lowest BCUT2D eigenvalue weighted by Gasteiger charge is -2.06. The van der Waals surface area contributed by atoms with Gasteiger partial charge in [0.25, 0.3) is 5.91 Å². The number of hydrazone groups is 1. The highest BCUT2D eigenvalue weighted by atomic mass is 16.3. The van der Waals surface area contributed by atoms with E-state index in [2.05, 4.69) is 21.9 Å². The van der Waals surface area contributed by atoms with Crippen LogP contribution in [0, 0.1) is 0 Å². The van der Waals surface area contributed by atoms with Crippen molar-refractivity contribution in [2.24, 2.45) is 5.10 Å². The van der Waals surface area contributed by atoms with Crippen molar-refractivity contribution in [1.82, 2.24) is 5.43 Å². The molecule has 0 unspecified atom stereocenters. The first-order valence-corrected chi connectivity index (χ1v) is 7.56. The number of fused-ring (bicyclic) bond motifs is 1. The van der Waals surface area contributed by atoms with Gasteiger partial charge >= 0.3 is 0 Å². The summed E-state index contributed by atoms with van der Waals surface area (Å²) < 4.78 is 5.13. The first kappa shape index (κ1) is 15.6. The van der Waals surface area contributed by atoms with E-state index in [4.69, 9.17) is 4.42 Å². The van der Waals surface area contributed by atoms with Crippen molar-refractivity contribution >= 4 is 34.7 Å². The predicted molar refractivity (Wildman–Crippen MR) is 96.8 cm³/mol. The topological polar surface area (TPSA) is 66.6 Å². The van der Waals surface area contributed by atoms with E-state index in [0.29, 0.717) is 0 Å². The number of carbonyl (C=O) groups is 1. The number of hydrogen-bond acceptors (Lipinski definition) is 4. The molecule has 24 heavy (non-hydrogen) atoms. The van der Waals surface area contributed by atoms with Crippen LogP contribution in [0.25, 0.3) is 16.8 Å². The number of anilines is 1. The van der Waals surface area contributed by atoms with Gasteiger partial charge in [0.2, 0.25) is 0 Å². The Morgan fingerprint density at radius 2 is 1.96 bits per heavy atom. The molecule has 2 N–H and O–H groups in total. The fourth-order valence-corrected chi connectivity index (χ4v) is 2.20. The summed E-state index contributed by atoms with van der Waals surface area (Å²) in [7, 11) is 0. The van der Waals surface area contributed by atoms with Gasteiger partial charge in [0.05, 0.1) is 12.8 Å². The molecule has 0 aliphatic carbocycles. The van der Waals surface area contributed by atoms with Crippen molar-refractivity contribution in [2.75, 3.05) is 11.9 Å². The smallest absolute Gasteiger partial charge is 0.259 e. The van der Waals surface area contributed by atoms with Gasteiger partial charge in [-0.05, 0) is 47.2 Å². The van der Waals surface area contributed by atoms with Gasteiger partial charge in [-0.15, -0.1) is 0 Å². The van der Waals surface area contributed by atoms with Crippen LogP contribution >= 0.6 is 0 Å². The van der Waals surface area contributed by atoms with E-state index in [1.165, 1.54) is 11.6 Å². The van der Waals surface area contributed by atoms with E-state index >= 15 is 0 Å². The van der Waals surface area contributed by atoms with Crippen LogP contribution in [0.1, 0.15) is 5.76 Å². The fraction of sp³-hybridized carbons (Fsp3) is 0.0526. The minimum Gasteiger partial charge on any atom is -0.465 e. The van der Waals surface area contributed by atoms with Crippen LogP contribution in [0.4, 0.5) is 5.69 Å². The molecule has 3 aromatic rings. The number of hydrogen-bond donors (Lipinski definition) is 2. The van der Waals surface area contributed by atoms with Crippen LogP contribution in [0.2, 0.25) is 0 Å². The van der Waals surface area contributed by atoms with Crippen LogP contribution in [0.5, 0.6) is 0 Å². The van der Waals surface area contributed by atoms with Crippen molar-refractivity contribution in [3.05, 3.63) is 72.7 Å². The lowest BCUT2D eigenvalue weighted by Crippen LogP contribution is -2.25. The van der Waals surface area contributed by atoms with E-state index in [9.17, 15) is 4.79 Å². The Bertz CT molecular complexity index is 867. The molecule has 1 aromatic heterocycles. The van der Waals surface area contributed by atoms with Crippen LogP contribution in [0.15, 0.2) is 76.5 Å². The van der Waals surface area contributed by atoms with Crippen molar-refractivity contribution in [2.45, 2.75) is 0 Å². The summed E-state index contributed by atoms with van der Waals surface area (Å²) in [4.78, 5) is 11.7. The Labute approximate surface area is 139 Å². The second-order valence-electron chi connectivity index (χ2n) is 5.10. The molecule has 0 radical (unpaired) electrons. The Hall–Kier alpha value is -3.34. The molecule has 0 fully saturated rings. The standard InChI is InChI=1S/C19H17N3O2/c23-19(22-21-11-3-7-18-8-4-12-24-18)14-20-17-10-9-15-5-1-2-6-16(15)13-17/h1-13,20H,14H2,(H,22,23)/b7-3+,21-11+. The molecule has 0 aliphatic heterocycles. The second-order valence-corrected chi connectivity index (χ2v) is 5.10. The molecule has 5 nitrogen and oxygen atoms in total. The summed E-state index contributed by atoms with van der Waals surface area (Å²) in [5.74, 6) is 0.511. The molecule has 3 rings (SSSR count). The van der Waals surface area contributed by atoms with E-state index in [-0.39, 0.29) is 12.5 Å². The lowest BCUT2D eigenvalue weighted by molar-refractivity contribution is -0.119. The third-order valence-electron chi connectivity index (χ3n) is 3.36. The summed E-state index contributed by atoms with van der Waals surface area (Å²) in [6, 6.07) is 17.7. The van der Waals surface area contributed by atoms with Crippen molar-refractivity contribution in [3.8, 4) is 0 Å². The fourth-order valence-electron chi connectivity index (χ4n) is 2.20. The maximum absolute atomic E-state index is 11.7. The number of amides is 1. The molecule has 0 spiro atoms. The molecule has 0 saturated carbocycles. The number of nitrogens with zero attached hydrogens (tertiary/aromatic N) is 1. The molecule has 0 bridgehead atoms. The van der Waals surface area contributed by atoms with Crippen LogP contribution in [0.3, 0.4) is 0 Å². The van der Waals surface area contributed by atoms with Gasteiger partial charge < -0.3 is 9.73 Å². The predicted octanol–water partition coefficient (Wildman–Crippen LogP) is 3.66. The first-order valence-electron chi connectivity index (χ1n) is 7.56. The second kappa shape index (κ2) is 7.78. The number of rotatable bonds is 6. The Morgan fingerprint density at radius 3 is 2.79 bits per heavy atom. The lowest BCUT2D eigenvalue weighted by atomic mass is 10.1. The Balaban J connectivity index is 1.46. The van der Waals surface area contributed by atoms with Crippen LogP contribution in [-0.4, -0.2) is 18.7 Å². The molecule has 1 heterocycles. The summed E-state index contributed by atoms with van der Waals surface area (Å²) in [5, 5.41) is 9.22. The average Bonchev–Trinajstić information content (AvgIpc) is 3.13. The largest absolute Gasteiger partial charge is 0.465 e. The third kappa shape index (κ3) is 4.33. The first-order chi connectivity index (χ1) is 11.8. The van der Waals surface area contributed by atoms with E-state index < -0.39 is 0 Å². The molecular formula is C19H17N3O2. The zero-order valence-corrected chi connectivity index (χ0v) is 13.0. The van der Waals surface area contributed by atoms with E-state index in [0.717, 1.165) is 16.8 Å². The highest BCUT2D eigenvalue weighted by Gasteiger charge is 2.00. The molecule has 2 aromatic carbocycles. The molecule has 5 heteroatoms. The highest BCUT2D eigenvalue weighted by molar-refractivity contribution is 5.87. The average molecular weight is 319 g/mol. The maximum atomic E-state index is 11.7.